The first kappa shape index (κ1) is 31.6. The van der Waals surface area contributed by atoms with Gasteiger partial charge in [0.2, 0.25) is 5.91 Å². The van der Waals surface area contributed by atoms with Gasteiger partial charge in [0.1, 0.15) is 0 Å². The van der Waals surface area contributed by atoms with Crippen LogP contribution in [0.25, 0.3) is 0 Å². The number of likely N-dealkylation sites (N-methyl/N-ethyl adjacent to an activating group) is 1. The Labute approximate surface area is 219 Å². The van der Waals surface area contributed by atoms with Gasteiger partial charge < -0.3 is 14.9 Å². The number of piperidine rings is 1. The van der Waals surface area contributed by atoms with E-state index < -0.39 is 35.6 Å². The van der Waals surface area contributed by atoms with Crippen LogP contribution in [0.2, 0.25) is 0 Å². The summed E-state index contributed by atoms with van der Waals surface area (Å²) in [5, 5.41) is 8.58. The summed E-state index contributed by atoms with van der Waals surface area (Å²) >= 11 is 0. The van der Waals surface area contributed by atoms with Crippen LogP contribution in [0.4, 0.5) is 26.3 Å². The Morgan fingerprint density at radius 3 is 1.58 bits per heavy atom. The van der Waals surface area contributed by atoms with Crippen LogP contribution < -0.4 is 0 Å². The van der Waals surface area contributed by atoms with Gasteiger partial charge in [0.15, 0.2) is 0 Å². The molecule has 2 heterocycles. The van der Waals surface area contributed by atoms with Gasteiger partial charge in [-0.1, -0.05) is 36.4 Å². The number of hydrogen-bond acceptors (Lipinski definition) is 4. The molecule has 0 spiro atoms. The largest absolute Gasteiger partial charge is 0.416 e. The number of carbonyl (C=O) groups excluding carboxylic acids is 1. The Morgan fingerprint density at radius 2 is 1.18 bits per heavy atom. The Bertz CT molecular complexity index is 897. The van der Waals surface area contributed by atoms with Gasteiger partial charge in [-0.3, -0.25) is 9.69 Å². The Hall–Kier alpha value is -2.63. The van der Waals surface area contributed by atoms with Gasteiger partial charge in [-0.2, -0.15) is 26.3 Å². The van der Waals surface area contributed by atoms with Crippen molar-refractivity contribution in [2.45, 2.75) is 38.2 Å². The SMILES string of the molecule is CN1CCN(CC(=O)N2CCCCC2)CC1.OCc1cc(C(F)(F)F)cc(C(F)(F)F)c1.c1ccccc1. The van der Waals surface area contributed by atoms with Crippen molar-refractivity contribution < 1.29 is 36.2 Å². The molecular weight excluding hydrogens is 512 g/mol. The number of aliphatic hydroxyl groups excluding tert-OH is 1. The number of hydrogen-bond donors (Lipinski definition) is 1. The van der Waals surface area contributed by atoms with Crippen LogP contribution in [0.15, 0.2) is 54.6 Å². The first-order valence-electron chi connectivity index (χ1n) is 12.5. The molecule has 0 unspecified atom stereocenters. The molecule has 0 aromatic heterocycles. The highest BCUT2D eigenvalue weighted by molar-refractivity contribution is 5.78. The lowest BCUT2D eigenvalue weighted by molar-refractivity contribution is -0.143. The van der Waals surface area contributed by atoms with E-state index in [2.05, 4.69) is 16.8 Å². The predicted molar refractivity (Wildman–Crippen MR) is 133 cm³/mol. The molecule has 2 fully saturated rings. The van der Waals surface area contributed by atoms with Gasteiger partial charge in [-0.15, -0.1) is 0 Å². The highest BCUT2D eigenvalue weighted by Gasteiger charge is 2.36. The summed E-state index contributed by atoms with van der Waals surface area (Å²) < 4.78 is 73.3. The average Bonchev–Trinajstić information content (AvgIpc) is 2.91. The molecule has 0 bridgehead atoms. The molecule has 0 radical (unpaired) electrons. The van der Waals surface area contributed by atoms with Gasteiger partial charge in [0.25, 0.3) is 0 Å². The van der Waals surface area contributed by atoms with E-state index in [1.807, 2.05) is 41.3 Å². The molecule has 5 nitrogen and oxygen atoms in total. The summed E-state index contributed by atoms with van der Waals surface area (Å²) in [6.07, 6.45) is -6.07. The molecule has 2 aliphatic rings. The van der Waals surface area contributed by atoms with E-state index in [-0.39, 0.29) is 6.07 Å². The topological polar surface area (TPSA) is 47.0 Å². The zero-order valence-corrected chi connectivity index (χ0v) is 21.4. The van der Waals surface area contributed by atoms with E-state index in [1.165, 1.54) is 19.3 Å². The molecule has 0 aliphatic carbocycles. The van der Waals surface area contributed by atoms with Crippen LogP contribution in [0.5, 0.6) is 0 Å². The fourth-order valence-electron chi connectivity index (χ4n) is 3.94. The zero-order chi connectivity index (χ0) is 28.2. The Morgan fingerprint density at radius 1 is 0.737 bits per heavy atom. The minimum absolute atomic E-state index is 0.0131. The third-order valence-electron chi connectivity index (χ3n) is 6.16. The van der Waals surface area contributed by atoms with E-state index in [0.717, 1.165) is 39.3 Å². The van der Waals surface area contributed by atoms with E-state index in [0.29, 0.717) is 24.6 Å². The monoisotopic (exact) mass is 547 g/mol. The van der Waals surface area contributed by atoms with Crippen LogP contribution >= 0.6 is 0 Å². The summed E-state index contributed by atoms with van der Waals surface area (Å²) in [4.78, 5) is 18.7. The minimum atomic E-state index is -4.87. The van der Waals surface area contributed by atoms with Crippen molar-refractivity contribution in [1.82, 2.24) is 14.7 Å². The molecule has 0 saturated carbocycles. The van der Waals surface area contributed by atoms with Crippen LogP contribution in [-0.4, -0.2) is 78.6 Å². The number of piperazine rings is 1. The molecule has 2 aliphatic heterocycles. The summed E-state index contributed by atoms with van der Waals surface area (Å²) in [5.41, 5.74) is -3.28. The Balaban J connectivity index is 0.000000219. The number of amides is 1. The molecule has 4 rings (SSSR count). The third-order valence-corrected chi connectivity index (χ3v) is 6.16. The van der Waals surface area contributed by atoms with Gasteiger partial charge in [0.05, 0.1) is 24.3 Å². The lowest BCUT2D eigenvalue weighted by Crippen LogP contribution is -2.49. The summed E-state index contributed by atoms with van der Waals surface area (Å²) in [6, 6.07) is 13.0. The van der Waals surface area contributed by atoms with Crippen LogP contribution in [-0.2, 0) is 23.8 Å². The quantitative estimate of drug-likeness (QED) is 0.541. The first-order valence-corrected chi connectivity index (χ1v) is 12.5. The Kier molecular flexibility index (Phi) is 12.5. The maximum atomic E-state index is 12.2. The number of likely N-dealkylation sites (tertiary alicyclic amines) is 1. The molecule has 1 N–H and O–H groups in total. The van der Waals surface area contributed by atoms with Gasteiger partial charge >= 0.3 is 12.4 Å². The maximum Gasteiger partial charge on any atom is 0.416 e. The van der Waals surface area contributed by atoms with Crippen LogP contribution in [0.1, 0.15) is 36.0 Å². The lowest BCUT2D eigenvalue weighted by Gasteiger charge is -2.34. The number of carbonyl (C=O) groups is 1. The van der Waals surface area contributed by atoms with Crippen molar-refractivity contribution in [3.63, 3.8) is 0 Å². The van der Waals surface area contributed by atoms with Gasteiger partial charge in [-0.25, -0.2) is 0 Å². The van der Waals surface area contributed by atoms with E-state index in [9.17, 15) is 31.1 Å². The van der Waals surface area contributed by atoms with Crippen LogP contribution in [0.3, 0.4) is 0 Å². The van der Waals surface area contributed by atoms with Crippen molar-refractivity contribution in [3.8, 4) is 0 Å². The number of rotatable bonds is 3. The number of alkyl halides is 6. The van der Waals surface area contributed by atoms with E-state index in [1.54, 1.807) is 0 Å². The van der Waals surface area contributed by atoms with Gasteiger partial charge in [-0.05, 0) is 50.1 Å². The van der Waals surface area contributed by atoms with Crippen LogP contribution in [0, 0.1) is 0 Å². The second kappa shape index (κ2) is 15.1. The summed E-state index contributed by atoms with van der Waals surface area (Å²) in [6.45, 7) is 5.96. The van der Waals surface area contributed by atoms with Crippen molar-refractivity contribution in [2.24, 2.45) is 0 Å². The number of halogens is 6. The number of nitrogens with zero attached hydrogens (tertiary/aromatic N) is 3. The average molecular weight is 548 g/mol. The lowest BCUT2D eigenvalue weighted by atomic mass is 10.1. The van der Waals surface area contributed by atoms with Crippen molar-refractivity contribution in [2.75, 3.05) is 52.9 Å². The number of benzene rings is 2. The molecule has 1 amide bonds. The molecule has 2 aromatic rings. The first-order chi connectivity index (χ1) is 17.9. The molecule has 212 valence electrons. The summed E-state index contributed by atoms with van der Waals surface area (Å²) in [7, 11) is 2.14. The fraction of sp³-hybridized carbons (Fsp3) is 0.519. The molecule has 2 aromatic carbocycles. The van der Waals surface area contributed by atoms with Gasteiger partial charge in [0, 0.05) is 39.3 Å². The molecule has 11 heteroatoms. The predicted octanol–water partition coefficient (Wildman–Crippen LogP) is 5.15. The third kappa shape index (κ3) is 11.4. The molecule has 2 saturated heterocycles. The summed E-state index contributed by atoms with van der Waals surface area (Å²) in [5.74, 6) is 0.337. The minimum Gasteiger partial charge on any atom is -0.392 e. The van der Waals surface area contributed by atoms with Crippen molar-refractivity contribution in [1.29, 1.82) is 0 Å². The maximum absolute atomic E-state index is 12.2. The molecule has 0 atom stereocenters. The second-order valence-electron chi connectivity index (χ2n) is 9.25. The standard InChI is InChI=1S/C12H23N3O.C9H6F6O.C6H6/c1-13-7-9-14(10-8-13)11-12(16)15-5-3-2-4-6-15;10-8(11,12)6-1-5(4-16)2-7(3-6)9(13,14)15;1-2-4-6-5-3-1/h2-11H2,1H3;1-3,16H,4H2;1-6H. The van der Waals surface area contributed by atoms with Crippen molar-refractivity contribution >= 4 is 5.91 Å². The number of aliphatic hydroxyl groups is 1. The van der Waals surface area contributed by atoms with Crippen molar-refractivity contribution in [3.05, 3.63) is 71.3 Å². The molecular formula is C27H35F6N3O2. The van der Waals surface area contributed by atoms with E-state index >= 15 is 0 Å². The highest BCUT2D eigenvalue weighted by atomic mass is 19.4. The van der Waals surface area contributed by atoms with E-state index in [4.69, 9.17) is 5.11 Å². The highest BCUT2D eigenvalue weighted by Crippen LogP contribution is 2.36. The fourth-order valence-corrected chi connectivity index (χ4v) is 3.94. The molecule has 38 heavy (non-hydrogen) atoms. The second-order valence-corrected chi connectivity index (χ2v) is 9.25. The smallest absolute Gasteiger partial charge is 0.392 e. The normalized spacial score (nSPS) is 17.1. The zero-order valence-electron chi connectivity index (χ0n) is 21.4.